The second kappa shape index (κ2) is 5.25. The normalized spacial score (nSPS) is 14.9. The van der Waals surface area contributed by atoms with E-state index in [1.165, 1.54) is 29.7 Å². The summed E-state index contributed by atoms with van der Waals surface area (Å²) >= 11 is 0. The summed E-state index contributed by atoms with van der Waals surface area (Å²) in [6, 6.07) is 10.3. The molecular formula is C17H17FO2. The van der Waals surface area contributed by atoms with E-state index in [2.05, 4.69) is 6.07 Å². The maximum absolute atomic E-state index is 13.3. The standard InChI is InChI=1S/C17H17FO2/c1-11(19)16-10-14(18)6-8-17(16)20-15-7-5-12-3-2-4-13(12)9-15/h5-11,19H,2-4H2,1H3/t11-/m0/s1. The third-order valence-electron chi connectivity index (χ3n) is 3.72. The first-order chi connectivity index (χ1) is 9.63. The number of hydrogen-bond acceptors (Lipinski definition) is 2. The monoisotopic (exact) mass is 272 g/mol. The fourth-order valence-corrected chi connectivity index (χ4v) is 2.68. The Morgan fingerprint density at radius 2 is 1.90 bits per heavy atom. The van der Waals surface area contributed by atoms with E-state index in [1.807, 2.05) is 12.1 Å². The van der Waals surface area contributed by atoms with Crippen LogP contribution in [0.2, 0.25) is 0 Å². The lowest BCUT2D eigenvalue weighted by Gasteiger charge is -2.14. The van der Waals surface area contributed by atoms with E-state index in [0.717, 1.165) is 18.6 Å². The lowest BCUT2D eigenvalue weighted by molar-refractivity contribution is 0.195. The van der Waals surface area contributed by atoms with Gasteiger partial charge in [0.25, 0.3) is 0 Å². The van der Waals surface area contributed by atoms with Crippen LogP contribution in [0, 0.1) is 5.82 Å². The van der Waals surface area contributed by atoms with Crippen LogP contribution in [0.4, 0.5) is 4.39 Å². The largest absolute Gasteiger partial charge is 0.457 e. The van der Waals surface area contributed by atoms with E-state index < -0.39 is 6.10 Å². The maximum Gasteiger partial charge on any atom is 0.133 e. The molecule has 0 aromatic heterocycles. The highest BCUT2D eigenvalue weighted by Crippen LogP contribution is 2.32. The van der Waals surface area contributed by atoms with Crippen molar-refractivity contribution < 1.29 is 14.2 Å². The van der Waals surface area contributed by atoms with Gasteiger partial charge in [-0.2, -0.15) is 0 Å². The van der Waals surface area contributed by atoms with Gasteiger partial charge >= 0.3 is 0 Å². The summed E-state index contributed by atoms with van der Waals surface area (Å²) in [6.45, 7) is 1.60. The Labute approximate surface area is 117 Å². The topological polar surface area (TPSA) is 29.5 Å². The van der Waals surface area contributed by atoms with Crippen LogP contribution >= 0.6 is 0 Å². The first-order valence-electron chi connectivity index (χ1n) is 6.90. The van der Waals surface area contributed by atoms with E-state index in [9.17, 15) is 9.50 Å². The second-order valence-electron chi connectivity index (χ2n) is 5.24. The summed E-state index contributed by atoms with van der Waals surface area (Å²) in [7, 11) is 0. The smallest absolute Gasteiger partial charge is 0.133 e. The van der Waals surface area contributed by atoms with Crippen molar-refractivity contribution in [3.05, 3.63) is 58.9 Å². The number of halogens is 1. The molecule has 1 aliphatic rings. The highest BCUT2D eigenvalue weighted by Gasteiger charge is 2.14. The van der Waals surface area contributed by atoms with Gasteiger partial charge in [0.15, 0.2) is 0 Å². The van der Waals surface area contributed by atoms with Gasteiger partial charge in [0, 0.05) is 5.56 Å². The Balaban J connectivity index is 1.91. The summed E-state index contributed by atoms with van der Waals surface area (Å²) in [4.78, 5) is 0. The fourth-order valence-electron chi connectivity index (χ4n) is 2.68. The molecule has 0 amide bonds. The predicted molar refractivity (Wildman–Crippen MR) is 75.6 cm³/mol. The Kier molecular flexibility index (Phi) is 3.45. The lowest BCUT2D eigenvalue weighted by atomic mass is 10.1. The minimum Gasteiger partial charge on any atom is -0.457 e. The molecule has 2 nitrogen and oxygen atoms in total. The summed E-state index contributed by atoms with van der Waals surface area (Å²) in [5.74, 6) is 0.862. The van der Waals surface area contributed by atoms with E-state index in [4.69, 9.17) is 4.74 Å². The van der Waals surface area contributed by atoms with E-state index in [0.29, 0.717) is 11.3 Å². The predicted octanol–water partition coefficient (Wildman–Crippen LogP) is 4.16. The van der Waals surface area contributed by atoms with Gasteiger partial charge in [-0.05, 0) is 67.6 Å². The average Bonchev–Trinajstić information content (AvgIpc) is 2.88. The molecule has 0 radical (unpaired) electrons. The van der Waals surface area contributed by atoms with Gasteiger partial charge in [-0.3, -0.25) is 0 Å². The highest BCUT2D eigenvalue weighted by molar-refractivity contribution is 5.43. The SMILES string of the molecule is C[C@H](O)c1cc(F)ccc1Oc1ccc2c(c1)CCC2. The summed E-state index contributed by atoms with van der Waals surface area (Å²) in [6.07, 6.45) is 2.63. The number of aliphatic hydroxyl groups is 1. The zero-order valence-electron chi connectivity index (χ0n) is 11.4. The molecule has 1 aliphatic carbocycles. The zero-order chi connectivity index (χ0) is 14.1. The first kappa shape index (κ1) is 13.1. The number of aryl methyl sites for hydroxylation is 2. The summed E-state index contributed by atoms with van der Waals surface area (Å²) in [5.41, 5.74) is 3.17. The van der Waals surface area contributed by atoms with Gasteiger partial charge in [-0.25, -0.2) is 4.39 Å². The molecule has 104 valence electrons. The van der Waals surface area contributed by atoms with Crippen LogP contribution in [0.3, 0.4) is 0 Å². The minimum atomic E-state index is -0.768. The van der Waals surface area contributed by atoms with Crippen molar-refractivity contribution in [3.63, 3.8) is 0 Å². The molecule has 2 aromatic carbocycles. The van der Waals surface area contributed by atoms with Crippen molar-refractivity contribution >= 4 is 0 Å². The van der Waals surface area contributed by atoms with Crippen molar-refractivity contribution in [3.8, 4) is 11.5 Å². The molecule has 0 aliphatic heterocycles. The van der Waals surface area contributed by atoms with Gasteiger partial charge in [-0.15, -0.1) is 0 Å². The van der Waals surface area contributed by atoms with Crippen LogP contribution in [-0.4, -0.2) is 5.11 Å². The van der Waals surface area contributed by atoms with Gasteiger partial charge in [-0.1, -0.05) is 6.07 Å². The molecule has 0 spiro atoms. The lowest BCUT2D eigenvalue weighted by Crippen LogP contribution is -1.97. The third kappa shape index (κ3) is 2.54. The van der Waals surface area contributed by atoms with Crippen LogP contribution in [0.1, 0.15) is 36.1 Å². The van der Waals surface area contributed by atoms with Crippen molar-refractivity contribution in [2.24, 2.45) is 0 Å². The molecule has 3 rings (SSSR count). The molecule has 0 fully saturated rings. The molecule has 0 saturated heterocycles. The average molecular weight is 272 g/mol. The van der Waals surface area contributed by atoms with Gasteiger partial charge in [0.1, 0.15) is 17.3 Å². The second-order valence-corrected chi connectivity index (χ2v) is 5.24. The number of aliphatic hydroxyl groups excluding tert-OH is 1. The molecule has 0 unspecified atom stereocenters. The number of ether oxygens (including phenoxy) is 1. The molecule has 0 heterocycles. The zero-order valence-corrected chi connectivity index (χ0v) is 11.4. The molecule has 20 heavy (non-hydrogen) atoms. The van der Waals surface area contributed by atoms with Crippen molar-refractivity contribution in [1.82, 2.24) is 0 Å². The molecular weight excluding hydrogens is 255 g/mol. The number of rotatable bonds is 3. The van der Waals surface area contributed by atoms with Gasteiger partial charge in [0.2, 0.25) is 0 Å². The number of fused-ring (bicyclic) bond motifs is 1. The van der Waals surface area contributed by atoms with E-state index >= 15 is 0 Å². The van der Waals surface area contributed by atoms with Gasteiger partial charge < -0.3 is 9.84 Å². The Hall–Kier alpha value is -1.87. The minimum absolute atomic E-state index is 0.373. The fraction of sp³-hybridized carbons (Fsp3) is 0.294. The van der Waals surface area contributed by atoms with Crippen LogP contribution in [0.15, 0.2) is 36.4 Å². The van der Waals surface area contributed by atoms with Crippen molar-refractivity contribution in [1.29, 1.82) is 0 Å². The van der Waals surface area contributed by atoms with Crippen molar-refractivity contribution in [2.45, 2.75) is 32.3 Å². The highest BCUT2D eigenvalue weighted by atomic mass is 19.1. The number of benzene rings is 2. The summed E-state index contributed by atoms with van der Waals surface area (Å²) < 4.78 is 19.1. The van der Waals surface area contributed by atoms with Crippen LogP contribution in [0.5, 0.6) is 11.5 Å². The molecule has 2 aromatic rings. The van der Waals surface area contributed by atoms with Gasteiger partial charge in [0.05, 0.1) is 6.10 Å². The van der Waals surface area contributed by atoms with Crippen LogP contribution in [0.25, 0.3) is 0 Å². The van der Waals surface area contributed by atoms with E-state index in [-0.39, 0.29) is 5.82 Å². The Morgan fingerprint density at radius 1 is 1.10 bits per heavy atom. The Bertz CT molecular complexity index is 635. The molecule has 3 heteroatoms. The van der Waals surface area contributed by atoms with Crippen molar-refractivity contribution in [2.75, 3.05) is 0 Å². The van der Waals surface area contributed by atoms with Crippen LogP contribution < -0.4 is 4.74 Å². The Morgan fingerprint density at radius 3 is 2.70 bits per heavy atom. The quantitative estimate of drug-likeness (QED) is 0.909. The van der Waals surface area contributed by atoms with E-state index in [1.54, 1.807) is 13.0 Å². The third-order valence-corrected chi connectivity index (χ3v) is 3.72. The molecule has 1 atom stereocenters. The maximum atomic E-state index is 13.3. The molecule has 0 saturated carbocycles. The summed E-state index contributed by atoms with van der Waals surface area (Å²) in [5, 5.41) is 9.72. The number of hydrogen-bond donors (Lipinski definition) is 1. The van der Waals surface area contributed by atoms with Crippen LogP contribution in [-0.2, 0) is 12.8 Å². The molecule has 1 N–H and O–H groups in total. The first-order valence-corrected chi connectivity index (χ1v) is 6.90. The molecule has 0 bridgehead atoms.